The fraction of sp³-hybridized carbons (Fsp3) is 0.727. The van der Waals surface area contributed by atoms with Crippen molar-refractivity contribution in [1.82, 2.24) is 9.78 Å². The van der Waals surface area contributed by atoms with Crippen molar-refractivity contribution in [2.75, 3.05) is 0 Å². The Morgan fingerprint density at radius 3 is 2.57 bits per heavy atom. The highest BCUT2D eigenvalue weighted by Gasteiger charge is 2.42. The zero-order chi connectivity index (χ0) is 10.4. The van der Waals surface area contributed by atoms with Gasteiger partial charge >= 0.3 is 0 Å². The van der Waals surface area contributed by atoms with Crippen molar-refractivity contribution in [2.45, 2.75) is 38.6 Å². The van der Waals surface area contributed by atoms with Gasteiger partial charge in [-0.05, 0) is 24.7 Å². The summed E-state index contributed by atoms with van der Waals surface area (Å²) in [6.07, 6.45) is 7.29. The van der Waals surface area contributed by atoms with Gasteiger partial charge in [0, 0.05) is 24.3 Å². The topological polar surface area (TPSA) is 43.8 Å². The third kappa shape index (κ3) is 1.57. The molecule has 1 aliphatic rings. The van der Waals surface area contributed by atoms with E-state index in [-0.39, 0.29) is 5.54 Å². The van der Waals surface area contributed by atoms with Gasteiger partial charge in [0.05, 0.1) is 6.20 Å². The van der Waals surface area contributed by atoms with Crippen LogP contribution in [0.15, 0.2) is 12.4 Å². The Labute approximate surface area is 85.3 Å². The SMILES string of the molecule is Cn1cc(C2(N)CCC(C)(C)C2)cn1. The normalized spacial score (nSPS) is 30.9. The van der Waals surface area contributed by atoms with Crippen molar-refractivity contribution in [3.63, 3.8) is 0 Å². The van der Waals surface area contributed by atoms with Crippen LogP contribution in [0.5, 0.6) is 0 Å². The summed E-state index contributed by atoms with van der Waals surface area (Å²) < 4.78 is 1.83. The van der Waals surface area contributed by atoms with Gasteiger partial charge in [-0.1, -0.05) is 13.8 Å². The average molecular weight is 193 g/mol. The summed E-state index contributed by atoms with van der Waals surface area (Å²) >= 11 is 0. The minimum absolute atomic E-state index is 0.141. The van der Waals surface area contributed by atoms with Crippen LogP contribution in [0.25, 0.3) is 0 Å². The van der Waals surface area contributed by atoms with E-state index in [0.29, 0.717) is 5.41 Å². The highest BCUT2D eigenvalue weighted by atomic mass is 15.2. The van der Waals surface area contributed by atoms with Crippen LogP contribution in [-0.4, -0.2) is 9.78 Å². The highest BCUT2D eigenvalue weighted by molar-refractivity contribution is 5.20. The van der Waals surface area contributed by atoms with E-state index in [1.165, 1.54) is 12.0 Å². The molecule has 14 heavy (non-hydrogen) atoms. The molecule has 1 aromatic heterocycles. The highest BCUT2D eigenvalue weighted by Crippen LogP contribution is 2.47. The molecule has 0 radical (unpaired) electrons. The van der Waals surface area contributed by atoms with Gasteiger partial charge in [-0.25, -0.2) is 0 Å². The van der Waals surface area contributed by atoms with Crippen molar-refractivity contribution in [2.24, 2.45) is 18.2 Å². The molecule has 1 fully saturated rings. The molecular formula is C11H19N3. The van der Waals surface area contributed by atoms with Crippen LogP contribution in [0.2, 0.25) is 0 Å². The number of rotatable bonds is 1. The standard InChI is InChI=1S/C11H19N3/c1-10(2)4-5-11(12,8-10)9-6-13-14(3)7-9/h6-7H,4-5,8,12H2,1-3H3. The molecule has 2 N–H and O–H groups in total. The van der Waals surface area contributed by atoms with Gasteiger partial charge in [0.2, 0.25) is 0 Å². The van der Waals surface area contributed by atoms with Crippen LogP contribution in [0.1, 0.15) is 38.7 Å². The van der Waals surface area contributed by atoms with Crippen LogP contribution in [0, 0.1) is 5.41 Å². The van der Waals surface area contributed by atoms with Crippen LogP contribution in [-0.2, 0) is 12.6 Å². The number of hydrogen-bond donors (Lipinski definition) is 1. The molecule has 1 atom stereocenters. The summed E-state index contributed by atoms with van der Waals surface area (Å²) in [4.78, 5) is 0. The summed E-state index contributed by atoms with van der Waals surface area (Å²) in [6.45, 7) is 4.58. The van der Waals surface area contributed by atoms with Crippen molar-refractivity contribution >= 4 is 0 Å². The van der Waals surface area contributed by atoms with Crippen LogP contribution < -0.4 is 5.73 Å². The number of nitrogens with two attached hydrogens (primary N) is 1. The van der Waals surface area contributed by atoms with Gasteiger partial charge in [0.15, 0.2) is 0 Å². The molecule has 1 aliphatic carbocycles. The molecule has 3 nitrogen and oxygen atoms in total. The number of aryl methyl sites for hydroxylation is 1. The summed E-state index contributed by atoms with van der Waals surface area (Å²) in [5.74, 6) is 0. The average Bonchev–Trinajstić information content (AvgIpc) is 2.57. The zero-order valence-corrected chi connectivity index (χ0v) is 9.25. The summed E-state index contributed by atoms with van der Waals surface area (Å²) in [5.41, 5.74) is 7.84. The summed E-state index contributed by atoms with van der Waals surface area (Å²) in [7, 11) is 1.94. The Hall–Kier alpha value is -0.830. The Morgan fingerprint density at radius 1 is 1.43 bits per heavy atom. The molecule has 0 aliphatic heterocycles. The molecule has 1 aromatic rings. The van der Waals surface area contributed by atoms with Crippen molar-refractivity contribution < 1.29 is 0 Å². The maximum atomic E-state index is 6.42. The molecule has 0 spiro atoms. The van der Waals surface area contributed by atoms with E-state index >= 15 is 0 Å². The molecule has 2 rings (SSSR count). The molecule has 0 amide bonds. The maximum absolute atomic E-state index is 6.42. The third-order valence-electron chi connectivity index (χ3n) is 3.32. The van der Waals surface area contributed by atoms with Crippen LogP contribution in [0.3, 0.4) is 0 Å². The van der Waals surface area contributed by atoms with Crippen molar-refractivity contribution in [3.8, 4) is 0 Å². The zero-order valence-electron chi connectivity index (χ0n) is 9.25. The van der Waals surface area contributed by atoms with E-state index < -0.39 is 0 Å². The van der Waals surface area contributed by atoms with E-state index in [1.807, 2.05) is 24.1 Å². The first-order valence-electron chi connectivity index (χ1n) is 5.19. The van der Waals surface area contributed by atoms with Crippen LogP contribution >= 0.6 is 0 Å². The lowest BCUT2D eigenvalue weighted by molar-refractivity contribution is 0.339. The Bertz CT molecular complexity index is 340. The van der Waals surface area contributed by atoms with E-state index in [9.17, 15) is 0 Å². The molecule has 1 heterocycles. The quantitative estimate of drug-likeness (QED) is 0.739. The van der Waals surface area contributed by atoms with Gasteiger partial charge < -0.3 is 5.73 Å². The second-order valence-corrected chi connectivity index (χ2v) is 5.40. The fourth-order valence-electron chi connectivity index (χ4n) is 2.52. The van der Waals surface area contributed by atoms with Crippen LogP contribution in [0.4, 0.5) is 0 Å². The fourth-order valence-corrected chi connectivity index (χ4v) is 2.52. The molecule has 0 bridgehead atoms. The molecular weight excluding hydrogens is 174 g/mol. The Morgan fingerprint density at radius 2 is 2.14 bits per heavy atom. The minimum atomic E-state index is -0.141. The summed E-state index contributed by atoms with van der Waals surface area (Å²) in [5, 5.41) is 4.19. The Balaban J connectivity index is 2.27. The van der Waals surface area contributed by atoms with E-state index in [4.69, 9.17) is 5.73 Å². The first-order valence-corrected chi connectivity index (χ1v) is 5.19. The van der Waals surface area contributed by atoms with E-state index in [0.717, 1.165) is 12.8 Å². The first-order chi connectivity index (χ1) is 6.41. The largest absolute Gasteiger partial charge is 0.321 e. The maximum Gasteiger partial charge on any atom is 0.0540 e. The number of aromatic nitrogens is 2. The van der Waals surface area contributed by atoms with Gasteiger partial charge in [0.25, 0.3) is 0 Å². The lowest BCUT2D eigenvalue weighted by atomic mass is 9.85. The van der Waals surface area contributed by atoms with Gasteiger partial charge in [-0.3, -0.25) is 4.68 Å². The predicted molar refractivity (Wildman–Crippen MR) is 56.7 cm³/mol. The summed E-state index contributed by atoms with van der Waals surface area (Å²) in [6, 6.07) is 0. The number of hydrogen-bond acceptors (Lipinski definition) is 2. The smallest absolute Gasteiger partial charge is 0.0540 e. The predicted octanol–water partition coefficient (Wildman–Crippen LogP) is 1.78. The van der Waals surface area contributed by atoms with Crippen molar-refractivity contribution in [3.05, 3.63) is 18.0 Å². The second kappa shape index (κ2) is 2.83. The molecule has 78 valence electrons. The molecule has 0 saturated heterocycles. The lowest BCUT2D eigenvalue weighted by Gasteiger charge is -2.25. The first kappa shape index (κ1) is 9.71. The molecule has 0 aromatic carbocycles. The van der Waals surface area contributed by atoms with Gasteiger partial charge in [0.1, 0.15) is 0 Å². The van der Waals surface area contributed by atoms with Crippen molar-refractivity contribution in [1.29, 1.82) is 0 Å². The number of nitrogens with zero attached hydrogens (tertiary/aromatic N) is 2. The third-order valence-corrected chi connectivity index (χ3v) is 3.32. The lowest BCUT2D eigenvalue weighted by Crippen LogP contribution is -2.34. The Kier molecular flexibility index (Phi) is 1.96. The molecule has 1 unspecified atom stereocenters. The second-order valence-electron chi connectivity index (χ2n) is 5.40. The minimum Gasteiger partial charge on any atom is -0.321 e. The monoisotopic (exact) mass is 193 g/mol. The molecule has 3 heteroatoms. The van der Waals surface area contributed by atoms with Gasteiger partial charge in [-0.15, -0.1) is 0 Å². The van der Waals surface area contributed by atoms with Gasteiger partial charge in [-0.2, -0.15) is 5.10 Å². The van der Waals surface area contributed by atoms with E-state index in [2.05, 4.69) is 18.9 Å². The molecule has 1 saturated carbocycles. The van der Waals surface area contributed by atoms with E-state index in [1.54, 1.807) is 0 Å².